The summed E-state index contributed by atoms with van der Waals surface area (Å²) >= 11 is 4.54. The summed E-state index contributed by atoms with van der Waals surface area (Å²) < 4.78 is 0.829. The Kier molecular flexibility index (Phi) is 7.70. The van der Waals surface area contributed by atoms with Gasteiger partial charge in [0.05, 0.1) is 8.66 Å². The molecule has 0 saturated heterocycles. The van der Waals surface area contributed by atoms with Gasteiger partial charge in [-0.3, -0.25) is 25.2 Å². The molecule has 0 spiro atoms. The zero-order valence-corrected chi connectivity index (χ0v) is 16.0. The number of hydrogen-bond acceptors (Lipinski definition) is 4. The first-order valence-electron chi connectivity index (χ1n) is 7.35. The van der Waals surface area contributed by atoms with Crippen LogP contribution < -0.4 is 16.2 Å². The number of carbonyl (C=O) groups excluding carboxylic acids is 3. The molecule has 6 nitrogen and oxygen atoms in total. The Morgan fingerprint density at radius 2 is 1.78 bits per heavy atom. The molecule has 1 aromatic rings. The fourth-order valence-corrected chi connectivity index (χ4v) is 3.11. The fraction of sp³-hybridized carbons (Fsp3) is 0.533. The molecule has 0 aliphatic carbocycles. The van der Waals surface area contributed by atoms with Crippen molar-refractivity contribution in [1.82, 2.24) is 16.2 Å². The van der Waals surface area contributed by atoms with Gasteiger partial charge in [0.2, 0.25) is 5.91 Å². The number of halogens is 1. The maximum atomic E-state index is 12.2. The van der Waals surface area contributed by atoms with Crippen molar-refractivity contribution < 1.29 is 14.4 Å². The molecule has 1 rings (SSSR count). The van der Waals surface area contributed by atoms with E-state index in [4.69, 9.17) is 0 Å². The molecule has 0 aliphatic heterocycles. The number of carbonyl (C=O) groups is 3. The summed E-state index contributed by atoms with van der Waals surface area (Å²) in [5.41, 5.74) is 4.73. The Hall–Kier alpha value is -1.41. The molecule has 8 heteroatoms. The van der Waals surface area contributed by atoms with Crippen LogP contribution in [0.3, 0.4) is 0 Å². The number of nitrogens with one attached hydrogen (secondary N) is 3. The molecule has 0 bridgehead atoms. The smallest absolute Gasteiger partial charge is 0.279 e. The van der Waals surface area contributed by atoms with E-state index < -0.39 is 17.9 Å². The van der Waals surface area contributed by atoms with Crippen molar-refractivity contribution in [3.05, 3.63) is 20.8 Å². The average Bonchev–Trinajstić information content (AvgIpc) is 2.87. The molecule has 128 valence electrons. The monoisotopic (exact) mass is 403 g/mol. The summed E-state index contributed by atoms with van der Waals surface area (Å²) in [5, 5.41) is 2.71. The predicted octanol–water partition coefficient (Wildman–Crippen LogP) is 2.46. The molecule has 0 fully saturated rings. The first-order valence-corrected chi connectivity index (χ1v) is 8.96. The van der Waals surface area contributed by atoms with Crippen molar-refractivity contribution in [2.45, 2.75) is 40.2 Å². The second kappa shape index (κ2) is 9.02. The van der Waals surface area contributed by atoms with E-state index in [9.17, 15) is 14.4 Å². The average molecular weight is 404 g/mol. The van der Waals surface area contributed by atoms with Crippen molar-refractivity contribution in [2.75, 3.05) is 0 Å². The van der Waals surface area contributed by atoms with Gasteiger partial charge in [0.25, 0.3) is 11.8 Å². The second-order valence-electron chi connectivity index (χ2n) is 5.93. The largest absolute Gasteiger partial charge is 0.344 e. The molecule has 23 heavy (non-hydrogen) atoms. The van der Waals surface area contributed by atoms with Crippen LogP contribution in [0.1, 0.15) is 43.8 Å². The Balaban J connectivity index is 2.57. The summed E-state index contributed by atoms with van der Waals surface area (Å²) in [6.45, 7) is 7.53. The summed E-state index contributed by atoms with van der Waals surface area (Å²) in [5.74, 6) is -0.907. The van der Waals surface area contributed by atoms with Crippen molar-refractivity contribution in [3.63, 3.8) is 0 Å². The summed E-state index contributed by atoms with van der Waals surface area (Å²) in [7, 11) is 0. The Labute approximate surface area is 148 Å². The van der Waals surface area contributed by atoms with E-state index in [1.54, 1.807) is 12.1 Å². The maximum Gasteiger partial charge on any atom is 0.279 e. The van der Waals surface area contributed by atoms with Crippen LogP contribution in [0.4, 0.5) is 0 Å². The van der Waals surface area contributed by atoms with E-state index in [2.05, 4.69) is 32.1 Å². The highest BCUT2D eigenvalue weighted by Gasteiger charge is 2.25. The van der Waals surface area contributed by atoms with Crippen LogP contribution in [-0.2, 0) is 9.59 Å². The van der Waals surface area contributed by atoms with Crippen LogP contribution in [0.25, 0.3) is 0 Å². The first kappa shape index (κ1) is 19.6. The van der Waals surface area contributed by atoms with Gasteiger partial charge in [0.15, 0.2) is 0 Å². The van der Waals surface area contributed by atoms with E-state index in [0.717, 1.165) is 3.79 Å². The van der Waals surface area contributed by atoms with Crippen molar-refractivity contribution in [3.8, 4) is 0 Å². The quantitative estimate of drug-likeness (QED) is 0.637. The lowest BCUT2D eigenvalue weighted by Gasteiger charge is -2.22. The van der Waals surface area contributed by atoms with E-state index in [-0.39, 0.29) is 17.7 Å². The summed E-state index contributed by atoms with van der Waals surface area (Å²) in [6.07, 6.45) is 0.353. The number of amides is 3. The SMILES string of the molecule is CC(C)CC(=O)NC(C(=O)NNC(=O)c1ccc(Br)s1)C(C)C. The molecular weight excluding hydrogens is 382 g/mol. The molecule has 1 heterocycles. The highest BCUT2D eigenvalue weighted by atomic mass is 79.9. The van der Waals surface area contributed by atoms with Crippen LogP contribution >= 0.6 is 27.3 Å². The van der Waals surface area contributed by atoms with Crippen molar-refractivity contribution >= 4 is 45.0 Å². The van der Waals surface area contributed by atoms with Crippen LogP contribution in [0.2, 0.25) is 0 Å². The highest BCUT2D eigenvalue weighted by molar-refractivity contribution is 9.11. The normalized spacial score (nSPS) is 12.1. The van der Waals surface area contributed by atoms with E-state index in [1.807, 2.05) is 27.7 Å². The number of rotatable bonds is 6. The van der Waals surface area contributed by atoms with Crippen LogP contribution in [0.15, 0.2) is 15.9 Å². The van der Waals surface area contributed by atoms with E-state index in [0.29, 0.717) is 11.3 Å². The minimum atomic E-state index is -0.698. The Morgan fingerprint density at radius 3 is 2.26 bits per heavy atom. The van der Waals surface area contributed by atoms with Crippen LogP contribution in [-0.4, -0.2) is 23.8 Å². The molecule has 0 aromatic carbocycles. The lowest BCUT2D eigenvalue weighted by atomic mass is 10.0. The highest BCUT2D eigenvalue weighted by Crippen LogP contribution is 2.21. The van der Waals surface area contributed by atoms with E-state index in [1.165, 1.54) is 11.3 Å². The van der Waals surface area contributed by atoms with E-state index >= 15 is 0 Å². The van der Waals surface area contributed by atoms with Gasteiger partial charge in [0.1, 0.15) is 6.04 Å². The molecule has 3 N–H and O–H groups in total. The van der Waals surface area contributed by atoms with Gasteiger partial charge in [-0.25, -0.2) is 0 Å². The fourth-order valence-electron chi connectivity index (χ4n) is 1.83. The minimum Gasteiger partial charge on any atom is -0.344 e. The third-order valence-electron chi connectivity index (χ3n) is 2.96. The lowest BCUT2D eigenvalue weighted by molar-refractivity contribution is -0.130. The molecular formula is C15H22BrN3O3S. The van der Waals surface area contributed by atoms with Crippen molar-refractivity contribution in [2.24, 2.45) is 11.8 Å². The second-order valence-corrected chi connectivity index (χ2v) is 8.40. The first-order chi connectivity index (χ1) is 10.7. The predicted molar refractivity (Wildman–Crippen MR) is 93.9 cm³/mol. The third-order valence-corrected chi connectivity index (χ3v) is 4.58. The number of hydrogen-bond donors (Lipinski definition) is 3. The third kappa shape index (κ3) is 6.70. The zero-order valence-electron chi connectivity index (χ0n) is 13.6. The van der Waals surface area contributed by atoms with Gasteiger partial charge < -0.3 is 5.32 Å². The zero-order chi connectivity index (χ0) is 17.6. The molecule has 0 radical (unpaired) electrons. The Bertz CT molecular complexity index is 572. The molecule has 0 aliphatic rings. The van der Waals surface area contributed by atoms with Crippen LogP contribution in [0, 0.1) is 11.8 Å². The minimum absolute atomic E-state index is 0.0982. The number of thiophene rings is 1. The summed E-state index contributed by atoms with van der Waals surface area (Å²) in [4.78, 5) is 36.4. The van der Waals surface area contributed by atoms with Gasteiger partial charge in [-0.2, -0.15) is 0 Å². The maximum absolute atomic E-state index is 12.2. The lowest BCUT2D eigenvalue weighted by Crippen LogP contribution is -2.54. The molecule has 0 saturated carbocycles. The molecule has 1 aromatic heterocycles. The number of hydrazine groups is 1. The topological polar surface area (TPSA) is 87.3 Å². The van der Waals surface area contributed by atoms with Gasteiger partial charge in [0, 0.05) is 6.42 Å². The van der Waals surface area contributed by atoms with Gasteiger partial charge >= 0.3 is 0 Å². The molecule has 3 amide bonds. The Morgan fingerprint density at radius 1 is 1.13 bits per heavy atom. The van der Waals surface area contributed by atoms with Crippen molar-refractivity contribution in [1.29, 1.82) is 0 Å². The van der Waals surface area contributed by atoms with Crippen LogP contribution in [0.5, 0.6) is 0 Å². The molecule has 1 atom stereocenters. The van der Waals surface area contributed by atoms with Gasteiger partial charge in [-0.15, -0.1) is 11.3 Å². The molecule has 1 unspecified atom stereocenters. The van der Waals surface area contributed by atoms with Gasteiger partial charge in [-0.1, -0.05) is 27.7 Å². The van der Waals surface area contributed by atoms with Gasteiger partial charge in [-0.05, 0) is 39.9 Å². The summed E-state index contributed by atoms with van der Waals surface area (Å²) in [6, 6.07) is 2.71. The standard InChI is InChI=1S/C15H22BrN3O3S/c1-8(2)7-12(20)17-13(9(3)4)15(22)19-18-14(21)10-5-6-11(16)23-10/h5-6,8-9,13H,7H2,1-4H3,(H,17,20)(H,18,21)(H,19,22).